The Bertz CT molecular complexity index is 359. The van der Waals surface area contributed by atoms with Crippen LogP contribution in [0.3, 0.4) is 0 Å². The number of para-hydroxylation sites is 1. The predicted molar refractivity (Wildman–Crippen MR) is 63.9 cm³/mol. The molecule has 1 aliphatic heterocycles. The lowest BCUT2D eigenvalue weighted by molar-refractivity contribution is 0.239. The van der Waals surface area contributed by atoms with Crippen LogP contribution in [0.1, 0.15) is 12.5 Å². The van der Waals surface area contributed by atoms with Gasteiger partial charge in [-0.1, -0.05) is 37.3 Å². The van der Waals surface area contributed by atoms with Crippen molar-refractivity contribution >= 4 is 11.8 Å². The summed E-state index contributed by atoms with van der Waals surface area (Å²) in [5.74, 6) is 0.324. The molecule has 0 unspecified atom stereocenters. The Labute approximate surface area is 90.8 Å². The maximum atomic E-state index is 9.07. The van der Waals surface area contributed by atoms with Crippen LogP contribution in [0.5, 0.6) is 0 Å². The summed E-state index contributed by atoms with van der Waals surface area (Å²) in [6, 6.07) is 8.39. The second-order valence-electron chi connectivity index (χ2n) is 4.15. The van der Waals surface area contributed by atoms with Crippen LogP contribution in [0, 0.1) is 5.92 Å². The largest absolute Gasteiger partial charge is 0.396 e. The molecule has 2 heteroatoms. The van der Waals surface area contributed by atoms with Crippen LogP contribution < -0.4 is 4.90 Å². The van der Waals surface area contributed by atoms with E-state index in [2.05, 4.69) is 48.2 Å². The zero-order valence-electron chi connectivity index (χ0n) is 9.06. The molecular formula is C13H17NO. The second-order valence-corrected chi connectivity index (χ2v) is 4.15. The van der Waals surface area contributed by atoms with Crippen molar-refractivity contribution in [2.45, 2.75) is 6.92 Å². The molecule has 0 bridgehead atoms. The summed E-state index contributed by atoms with van der Waals surface area (Å²) in [6.07, 6.45) is 4.34. The first kappa shape index (κ1) is 10.2. The highest BCUT2D eigenvalue weighted by atomic mass is 16.3. The fraction of sp³-hybridized carbons (Fsp3) is 0.385. The van der Waals surface area contributed by atoms with Gasteiger partial charge < -0.3 is 10.0 Å². The number of benzene rings is 1. The molecule has 15 heavy (non-hydrogen) atoms. The van der Waals surface area contributed by atoms with E-state index in [9.17, 15) is 0 Å². The van der Waals surface area contributed by atoms with Crippen LogP contribution in [0.25, 0.3) is 6.08 Å². The average molecular weight is 203 g/mol. The first-order valence-electron chi connectivity index (χ1n) is 5.42. The maximum Gasteiger partial charge on any atom is 0.0473 e. The van der Waals surface area contributed by atoms with E-state index in [4.69, 9.17) is 5.11 Å². The number of hydrogen-bond acceptors (Lipinski definition) is 2. The van der Waals surface area contributed by atoms with Gasteiger partial charge in [0.25, 0.3) is 0 Å². The number of rotatable bonds is 3. The van der Waals surface area contributed by atoms with E-state index in [0.717, 1.165) is 13.1 Å². The van der Waals surface area contributed by atoms with Gasteiger partial charge in [0.1, 0.15) is 0 Å². The van der Waals surface area contributed by atoms with Gasteiger partial charge in [-0.2, -0.15) is 0 Å². The Hall–Kier alpha value is -1.28. The zero-order chi connectivity index (χ0) is 10.7. The summed E-state index contributed by atoms with van der Waals surface area (Å²) < 4.78 is 0. The summed E-state index contributed by atoms with van der Waals surface area (Å²) >= 11 is 0. The van der Waals surface area contributed by atoms with Gasteiger partial charge in [0, 0.05) is 25.4 Å². The molecule has 0 fully saturated rings. The van der Waals surface area contributed by atoms with E-state index in [1.165, 1.54) is 11.3 Å². The molecule has 0 aromatic heterocycles. The molecule has 2 rings (SSSR count). The fourth-order valence-electron chi connectivity index (χ4n) is 1.93. The fourth-order valence-corrected chi connectivity index (χ4v) is 1.93. The van der Waals surface area contributed by atoms with Crippen molar-refractivity contribution in [2.24, 2.45) is 5.92 Å². The first-order chi connectivity index (χ1) is 7.31. The van der Waals surface area contributed by atoms with E-state index in [-0.39, 0.29) is 6.61 Å². The molecule has 80 valence electrons. The molecule has 0 amide bonds. The van der Waals surface area contributed by atoms with Gasteiger partial charge in [-0.3, -0.25) is 0 Å². The lowest BCUT2D eigenvalue weighted by Gasteiger charge is -2.30. The van der Waals surface area contributed by atoms with Crippen molar-refractivity contribution in [1.29, 1.82) is 0 Å². The van der Waals surface area contributed by atoms with E-state index >= 15 is 0 Å². The van der Waals surface area contributed by atoms with Crippen molar-refractivity contribution in [3.63, 3.8) is 0 Å². The number of fused-ring (bicyclic) bond motifs is 1. The van der Waals surface area contributed by atoms with Gasteiger partial charge in [-0.15, -0.1) is 0 Å². The lowest BCUT2D eigenvalue weighted by atomic mass is 10.1. The molecule has 1 N–H and O–H groups in total. The Balaban J connectivity index is 2.19. The monoisotopic (exact) mass is 203 g/mol. The summed E-state index contributed by atoms with van der Waals surface area (Å²) in [7, 11) is 0. The van der Waals surface area contributed by atoms with Crippen molar-refractivity contribution < 1.29 is 5.11 Å². The summed E-state index contributed by atoms with van der Waals surface area (Å²) in [4.78, 5) is 2.32. The quantitative estimate of drug-likeness (QED) is 0.813. The third-order valence-electron chi connectivity index (χ3n) is 2.74. The Kier molecular flexibility index (Phi) is 3.07. The molecule has 1 aromatic rings. The number of nitrogens with zero attached hydrogens (tertiary/aromatic N) is 1. The third-order valence-corrected chi connectivity index (χ3v) is 2.74. The van der Waals surface area contributed by atoms with Crippen LogP contribution in [-0.2, 0) is 0 Å². The highest BCUT2D eigenvalue weighted by molar-refractivity contribution is 5.71. The third kappa shape index (κ3) is 2.21. The molecule has 1 aliphatic rings. The molecule has 1 aromatic carbocycles. The van der Waals surface area contributed by atoms with Crippen molar-refractivity contribution in [3.05, 3.63) is 35.9 Å². The molecular weight excluding hydrogens is 186 g/mol. The summed E-state index contributed by atoms with van der Waals surface area (Å²) in [6.45, 7) is 4.18. The Morgan fingerprint density at radius 3 is 3.00 bits per heavy atom. The maximum absolute atomic E-state index is 9.07. The lowest BCUT2D eigenvalue weighted by Crippen LogP contribution is -2.31. The van der Waals surface area contributed by atoms with Crippen LogP contribution in [0.15, 0.2) is 30.3 Å². The van der Waals surface area contributed by atoms with E-state index < -0.39 is 0 Å². The zero-order valence-corrected chi connectivity index (χ0v) is 9.06. The molecule has 0 spiro atoms. The standard InChI is InChI=1S/C13H17NO/c1-11(10-15)9-14-8-4-6-12-5-2-3-7-13(12)14/h2-7,11,15H,8-10H2,1H3/t11-/m0/s1. The number of aliphatic hydroxyl groups excluding tert-OH is 1. The van der Waals surface area contributed by atoms with Crippen LogP contribution in [0.4, 0.5) is 5.69 Å². The molecule has 0 saturated heterocycles. The first-order valence-corrected chi connectivity index (χ1v) is 5.42. The van der Waals surface area contributed by atoms with Gasteiger partial charge in [-0.05, 0) is 17.5 Å². The van der Waals surface area contributed by atoms with E-state index in [0.29, 0.717) is 5.92 Å². The van der Waals surface area contributed by atoms with E-state index in [1.54, 1.807) is 0 Å². The smallest absolute Gasteiger partial charge is 0.0473 e. The van der Waals surface area contributed by atoms with Crippen molar-refractivity contribution in [2.75, 3.05) is 24.6 Å². The average Bonchev–Trinajstić information content (AvgIpc) is 2.29. The Morgan fingerprint density at radius 2 is 2.20 bits per heavy atom. The minimum Gasteiger partial charge on any atom is -0.396 e. The minimum absolute atomic E-state index is 0.252. The molecule has 2 nitrogen and oxygen atoms in total. The van der Waals surface area contributed by atoms with Crippen molar-refractivity contribution in [1.82, 2.24) is 0 Å². The predicted octanol–water partition coefficient (Wildman–Crippen LogP) is 2.15. The molecule has 1 atom stereocenters. The van der Waals surface area contributed by atoms with Gasteiger partial charge in [0.15, 0.2) is 0 Å². The minimum atomic E-state index is 0.252. The van der Waals surface area contributed by atoms with E-state index in [1.807, 2.05) is 0 Å². The van der Waals surface area contributed by atoms with Crippen LogP contribution in [-0.4, -0.2) is 24.8 Å². The highest BCUT2D eigenvalue weighted by Gasteiger charge is 2.14. The summed E-state index contributed by atoms with van der Waals surface area (Å²) in [5, 5.41) is 9.07. The SMILES string of the molecule is C[C@H](CO)CN1CC=Cc2ccccc21. The van der Waals surface area contributed by atoms with Gasteiger partial charge in [0.2, 0.25) is 0 Å². The summed E-state index contributed by atoms with van der Waals surface area (Å²) in [5.41, 5.74) is 2.55. The van der Waals surface area contributed by atoms with Crippen molar-refractivity contribution in [3.8, 4) is 0 Å². The number of anilines is 1. The van der Waals surface area contributed by atoms with Crippen LogP contribution >= 0.6 is 0 Å². The molecule has 0 radical (unpaired) electrons. The van der Waals surface area contributed by atoms with Crippen LogP contribution in [0.2, 0.25) is 0 Å². The van der Waals surface area contributed by atoms with Gasteiger partial charge >= 0.3 is 0 Å². The molecule has 1 heterocycles. The normalized spacial score (nSPS) is 16.3. The topological polar surface area (TPSA) is 23.5 Å². The van der Waals surface area contributed by atoms with Gasteiger partial charge in [0.05, 0.1) is 0 Å². The second kappa shape index (κ2) is 4.49. The van der Waals surface area contributed by atoms with Gasteiger partial charge in [-0.25, -0.2) is 0 Å². The number of aliphatic hydroxyl groups is 1. The molecule has 0 aliphatic carbocycles. The Morgan fingerprint density at radius 1 is 1.40 bits per heavy atom. The molecule has 0 saturated carbocycles. The number of hydrogen-bond donors (Lipinski definition) is 1. The highest BCUT2D eigenvalue weighted by Crippen LogP contribution is 2.25.